The van der Waals surface area contributed by atoms with E-state index in [9.17, 15) is 43.5 Å². The lowest BCUT2D eigenvalue weighted by atomic mass is 9.81. The minimum atomic E-state index is -2.04. The predicted octanol–water partition coefficient (Wildman–Crippen LogP) is 2.09. The molecule has 1 aliphatic carbocycles. The van der Waals surface area contributed by atoms with Gasteiger partial charge in [-0.25, -0.2) is 14.2 Å². The zero-order chi connectivity index (χ0) is 61.9. The van der Waals surface area contributed by atoms with Crippen LogP contribution in [0.2, 0.25) is 0 Å². The van der Waals surface area contributed by atoms with E-state index >= 15 is 4.39 Å². The number of carbonyl (C=O) groups excluding carboxylic acids is 7. The van der Waals surface area contributed by atoms with Gasteiger partial charge in [0.05, 0.1) is 141 Å². The van der Waals surface area contributed by atoms with Crippen molar-refractivity contribution in [2.24, 2.45) is 11.8 Å². The molecule has 0 spiro atoms. The first kappa shape index (κ1) is 67.2. The number of aliphatic hydroxyl groups is 1. The fraction of sp³-hybridized carbons (Fsp3) is 0.650. The monoisotopic (exact) mass is 1210 g/mol. The molecule has 5 atom stereocenters. The average molecular weight is 1210 g/mol. The number of amides is 6. The maximum Gasteiger partial charge on any atom is 0.343 e. The van der Waals surface area contributed by atoms with Gasteiger partial charge in [-0.2, -0.15) is 0 Å². The molecular weight excluding hydrogens is 1130 g/mol. The number of nitrogens with zero attached hydrogens (tertiary/aromatic N) is 3. The van der Waals surface area contributed by atoms with E-state index in [0.29, 0.717) is 151 Å². The number of aromatic nitrogens is 2. The quantitative estimate of drug-likeness (QED) is 0.0244. The van der Waals surface area contributed by atoms with Gasteiger partial charge in [-0.3, -0.25) is 38.5 Å². The van der Waals surface area contributed by atoms with Crippen molar-refractivity contribution in [3.8, 4) is 11.4 Å². The highest BCUT2D eigenvalue weighted by molar-refractivity contribution is 6.03. The van der Waals surface area contributed by atoms with Crippen LogP contribution < -0.4 is 26.8 Å². The summed E-state index contributed by atoms with van der Waals surface area (Å²) in [7, 11) is 0. The summed E-state index contributed by atoms with van der Waals surface area (Å²) in [4.78, 5) is 110. The van der Waals surface area contributed by atoms with Gasteiger partial charge < -0.3 is 73.6 Å². The molecule has 1 fully saturated rings. The third-order valence-electron chi connectivity index (χ3n) is 15.8. The molecule has 7 rings (SSSR count). The highest BCUT2D eigenvalue weighted by Crippen LogP contribution is 2.46. The number of aryl methyl sites for hydroxylation is 1. The zero-order valence-corrected chi connectivity index (χ0v) is 50.2. The van der Waals surface area contributed by atoms with Crippen LogP contribution in [0.4, 0.5) is 4.39 Å². The third kappa shape index (κ3) is 17.0. The Morgan fingerprint density at radius 1 is 0.756 bits per heavy atom. The molecule has 2 aromatic heterocycles. The molecule has 0 radical (unpaired) electrons. The van der Waals surface area contributed by atoms with Crippen molar-refractivity contribution in [1.82, 2.24) is 35.7 Å². The molecule has 474 valence electrons. The summed E-state index contributed by atoms with van der Waals surface area (Å²) < 4.78 is 66.3. The molecule has 3 aliphatic heterocycles. The SMILES string of the molecule is CCC1CC(=O)N(CCC(=O)NCCOCCOCCOCCOCCOCCOCCOCCOCCC(=O)N[C@H](C(=O)N[C@@H](C)C(=O)N[C@H]2CCc3c(C)c(F)cc4nc5c(c2c34)Cn2c-5cc3c(c2=O)COC(=O)[C@]3(O)CC)C(C)C)C1=O. The maximum absolute atomic E-state index is 15.4. The summed E-state index contributed by atoms with van der Waals surface area (Å²) in [5.41, 5.74) is 1.36. The van der Waals surface area contributed by atoms with Crippen LogP contribution in [-0.4, -0.2) is 192 Å². The predicted molar refractivity (Wildman–Crippen MR) is 307 cm³/mol. The Morgan fingerprint density at radius 3 is 1.90 bits per heavy atom. The Hall–Kier alpha value is -6.36. The molecule has 5 heterocycles. The molecular formula is C60H84FN7O18. The van der Waals surface area contributed by atoms with Gasteiger partial charge in [0.2, 0.25) is 35.4 Å². The number of nitrogens with one attached hydrogen (secondary N) is 4. The first-order valence-electron chi connectivity index (χ1n) is 29.8. The molecule has 1 unspecified atom stereocenters. The van der Waals surface area contributed by atoms with E-state index < -0.39 is 58.8 Å². The standard InChI is InChI=1S/C60H84FN7O18/c1-7-39-31-50(71)67(57(39)74)14-11-48(69)62-13-16-79-18-20-81-22-24-83-26-28-85-30-29-84-27-25-82-23-21-80-19-17-78-15-12-49(70)66-53(36(3)4)56(73)63-38(6)55(72)65-45-10-9-40-37(5)44(61)33-46-51(40)52(45)41-34-68-47(54(41)64-46)32-43-42(58(68)75)35-86-59(76)60(43,77)8-2/h32-33,36,38-39,45,53,77H,7-31,34-35H2,1-6H3,(H,62,69)(H,63,73)(H,65,72)(H,66,70)/t38-,39?,45-,53-,60-/m0/s1. The number of benzene rings is 1. The molecule has 0 saturated carbocycles. The minimum Gasteiger partial charge on any atom is -0.458 e. The Morgan fingerprint density at radius 2 is 1.34 bits per heavy atom. The van der Waals surface area contributed by atoms with Crippen molar-refractivity contribution >= 4 is 52.3 Å². The molecule has 26 heteroatoms. The van der Waals surface area contributed by atoms with Crippen molar-refractivity contribution in [3.63, 3.8) is 0 Å². The lowest BCUT2D eigenvalue weighted by Crippen LogP contribution is -2.55. The highest BCUT2D eigenvalue weighted by Gasteiger charge is 2.46. The number of imide groups is 1. The number of rotatable bonds is 38. The van der Waals surface area contributed by atoms with Gasteiger partial charge in [0.15, 0.2) is 5.60 Å². The van der Waals surface area contributed by atoms with Gasteiger partial charge in [-0.1, -0.05) is 27.7 Å². The molecule has 3 aromatic rings. The maximum atomic E-state index is 15.4. The number of likely N-dealkylation sites (tertiary alicyclic amines) is 1. The molecule has 25 nitrogen and oxygen atoms in total. The van der Waals surface area contributed by atoms with Gasteiger partial charge in [0.1, 0.15) is 24.5 Å². The Labute approximate surface area is 499 Å². The average Bonchev–Trinajstić information content (AvgIpc) is 1.45. The van der Waals surface area contributed by atoms with Crippen LogP contribution in [0.25, 0.3) is 22.3 Å². The fourth-order valence-electron chi connectivity index (χ4n) is 10.8. The van der Waals surface area contributed by atoms with Gasteiger partial charge in [0.25, 0.3) is 5.56 Å². The topological polar surface area (TPSA) is 309 Å². The Balaban J connectivity index is 0.691. The van der Waals surface area contributed by atoms with E-state index in [1.54, 1.807) is 40.7 Å². The Bertz CT molecular complexity index is 2960. The summed E-state index contributed by atoms with van der Waals surface area (Å²) in [6.07, 6.45) is 1.64. The van der Waals surface area contributed by atoms with Crippen LogP contribution in [-0.2, 0) is 101 Å². The smallest absolute Gasteiger partial charge is 0.343 e. The van der Waals surface area contributed by atoms with Crippen LogP contribution in [0.3, 0.4) is 0 Å². The lowest BCUT2D eigenvalue weighted by Gasteiger charge is -2.31. The molecule has 0 bridgehead atoms. The largest absolute Gasteiger partial charge is 0.458 e. The number of cyclic esters (lactones) is 1. The first-order valence-corrected chi connectivity index (χ1v) is 29.8. The van der Waals surface area contributed by atoms with E-state index in [2.05, 4.69) is 21.3 Å². The summed E-state index contributed by atoms with van der Waals surface area (Å²) >= 11 is 0. The third-order valence-corrected chi connectivity index (χ3v) is 15.8. The molecule has 4 aliphatic rings. The van der Waals surface area contributed by atoms with Gasteiger partial charge in [0, 0.05) is 60.8 Å². The van der Waals surface area contributed by atoms with Crippen molar-refractivity contribution < 1.29 is 85.7 Å². The van der Waals surface area contributed by atoms with Crippen molar-refractivity contribution in [3.05, 3.63) is 61.7 Å². The normalized spacial score (nSPS) is 18.4. The van der Waals surface area contributed by atoms with Crippen LogP contribution in [0.5, 0.6) is 0 Å². The van der Waals surface area contributed by atoms with Gasteiger partial charge in [-0.15, -0.1) is 0 Å². The number of ether oxygens (including phenoxy) is 9. The molecule has 1 saturated heterocycles. The molecule has 6 amide bonds. The second kappa shape index (κ2) is 32.6. The van der Waals surface area contributed by atoms with Crippen LogP contribution in [0, 0.1) is 24.6 Å². The number of esters is 1. The summed E-state index contributed by atoms with van der Waals surface area (Å²) in [6.45, 7) is 16.0. The van der Waals surface area contributed by atoms with Crippen LogP contribution in [0.15, 0.2) is 16.9 Å². The fourth-order valence-corrected chi connectivity index (χ4v) is 10.8. The van der Waals surface area contributed by atoms with E-state index in [4.69, 9.17) is 47.6 Å². The van der Waals surface area contributed by atoms with Crippen LogP contribution >= 0.6 is 0 Å². The summed E-state index contributed by atoms with van der Waals surface area (Å²) in [6, 6.07) is 0.298. The second-order valence-electron chi connectivity index (χ2n) is 21.9. The van der Waals surface area contributed by atoms with Crippen molar-refractivity contribution in [2.45, 2.75) is 123 Å². The van der Waals surface area contributed by atoms with Crippen molar-refractivity contribution in [2.75, 3.05) is 119 Å². The number of carbonyl (C=O) groups is 7. The molecule has 1 aromatic carbocycles. The highest BCUT2D eigenvalue weighted by atomic mass is 19.1. The van der Waals surface area contributed by atoms with Gasteiger partial charge in [-0.05, 0) is 68.2 Å². The number of hydrogen-bond donors (Lipinski definition) is 5. The van der Waals surface area contributed by atoms with Crippen LogP contribution in [0.1, 0.15) is 113 Å². The first-order chi connectivity index (χ1) is 41.4. The lowest BCUT2D eigenvalue weighted by molar-refractivity contribution is -0.172. The molecule has 5 N–H and O–H groups in total. The summed E-state index contributed by atoms with van der Waals surface area (Å²) in [5.74, 6) is -4.04. The van der Waals surface area contributed by atoms with E-state index in [1.165, 1.54) is 15.5 Å². The molecule has 86 heavy (non-hydrogen) atoms. The number of pyridine rings is 2. The van der Waals surface area contributed by atoms with E-state index in [-0.39, 0.29) is 106 Å². The summed E-state index contributed by atoms with van der Waals surface area (Å²) in [5, 5.41) is 23.4. The van der Waals surface area contributed by atoms with E-state index in [1.807, 2.05) is 6.92 Å². The van der Waals surface area contributed by atoms with E-state index in [0.717, 1.165) is 5.56 Å². The number of halogens is 1. The Kier molecular flexibility index (Phi) is 25.4. The number of hydrogen-bond acceptors (Lipinski definition) is 19. The minimum absolute atomic E-state index is 0.0177. The zero-order valence-electron chi connectivity index (χ0n) is 50.2. The second-order valence-corrected chi connectivity index (χ2v) is 21.9. The van der Waals surface area contributed by atoms with Crippen molar-refractivity contribution in [1.29, 1.82) is 0 Å². The number of fused-ring (bicyclic) bond motifs is 5. The van der Waals surface area contributed by atoms with Gasteiger partial charge >= 0.3 is 5.97 Å².